The molecule has 2 rings (SSSR count). The highest BCUT2D eigenvalue weighted by Crippen LogP contribution is 2.41. The van der Waals surface area contributed by atoms with Gasteiger partial charge in [-0.1, -0.05) is 0 Å². The van der Waals surface area contributed by atoms with Crippen molar-refractivity contribution in [2.75, 3.05) is 0 Å². The number of rotatable bonds is 0. The Morgan fingerprint density at radius 1 is 0.824 bits per heavy atom. The molecule has 1 aliphatic rings. The van der Waals surface area contributed by atoms with Crippen LogP contribution >= 0.6 is 0 Å². The lowest BCUT2D eigenvalue weighted by Gasteiger charge is -2.18. The predicted octanol–water partition coefficient (Wildman–Crippen LogP) is -0.689. The van der Waals surface area contributed by atoms with E-state index in [1.165, 1.54) is 0 Å². The lowest BCUT2D eigenvalue weighted by Crippen LogP contribution is -2.30. The quantitative estimate of drug-likeness (QED) is 0.296. The Kier molecular flexibility index (Phi) is 2.00. The first-order valence-electron chi connectivity index (χ1n) is 4.48. The Hall–Kier alpha value is -2.70. The summed E-state index contributed by atoms with van der Waals surface area (Å²) in [7, 11) is 0. The van der Waals surface area contributed by atoms with Crippen molar-refractivity contribution >= 4 is 11.6 Å². The van der Waals surface area contributed by atoms with Gasteiger partial charge in [-0.3, -0.25) is 9.59 Å². The maximum atomic E-state index is 11.7. The molecule has 0 heterocycles. The third kappa shape index (κ3) is 1.22. The molecule has 0 radical (unpaired) electrons. The van der Waals surface area contributed by atoms with Crippen molar-refractivity contribution in [3.05, 3.63) is 28.6 Å². The van der Waals surface area contributed by atoms with E-state index < -0.39 is 51.3 Å². The van der Waals surface area contributed by atoms with Crippen molar-refractivity contribution in [3.63, 3.8) is 0 Å². The number of benzene rings is 1. The maximum Gasteiger partial charge on any atom is 0.215 e. The Labute approximate surface area is 94.6 Å². The van der Waals surface area contributed by atoms with E-state index in [1.807, 2.05) is 0 Å². The highest BCUT2D eigenvalue weighted by Gasteiger charge is 2.35. The molecule has 88 valence electrons. The summed E-state index contributed by atoms with van der Waals surface area (Å²) in [6, 6.07) is 0.744. The summed E-state index contributed by atoms with van der Waals surface area (Å²) >= 11 is 0. The number of hydrogen-bond donors (Lipinski definition) is 5. The Morgan fingerprint density at radius 2 is 1.29 bits per heavy atom. The Morgan fingerprint density at radius 3 is 1.82 bits per heavy atom. The molecule has 0 atom stereocenters. The monoisotopic (exact) mass is 236 g/mol. The van der Waals surface area contributed by atoms with Crippen LogP contribution in [0.3, 0.4) is 0 Å². The van der Waals surface area contributed by atoms with E-state index in [-0.39, 0.29) is 0 Å². The van der Waals surface area contributed by atoms with Crippen molar-refractivity contribution in [1.29, 1.82) is 0 Å². The molecule has 0 saturated carbocycles. The first-order valence-corrected chi connectivity index (χ1v) is 4.48. The Bertz CT molecular complexity index is 603. The lowest BCUT2D eigenvalue weighted by molar-refractivity contribution is 0.0966. The number of phenols is 3. The number of Topliss-reactive ketones (excluding diaryl/α,β-unsaturated/α-hetero) is 2. The van der Waals surface area contributed by atoms with Crippen molar-refractivity contribution < 1.29 is 24.9 Å². The predicted molar refractivity (Wildman–Crippen MR) is 55.5 cm³/mol. The highest BCUT2D eigenvalue weighted by atomic mass is 16.3. The van der Waals surface area contributed by atoms with Crippen LogP contribution in [-0.4, -0.2) is 26.9 Å². The van der Waals surface area contributed by atoms with Crippen LogP contribution in [0.25, 0.3) is 0 Å². The minimum Gasteiger partial charge on any atom is -0.507 e. The van der Waals surface area contributed by atoms with Gasteiger partial charge in [0.15, 0.2) is 11.5 Å². The van der Waals surface area contributed by atoms with E-state index in [1.54, 1.807) is 0 Å². The van der Waals surface area contributed by atoms with Crippen LogP contribution in [0.5, 0.6) is 17.2 Å². The third-order valence-electron chi connectivity index (χ3n) is 2.49. The zero-order valence-electron chi connectivity index (χ0n) is 8.39. The zero-order chi connectivity index (χ0) is 12.9. The van der Waals surface area contributed by atoms with Gasteiger partial charge in [-0.2, -0.15) is 0 Å². The van der Waals surface area contributed by atoms with Crippen molar-refractivity contribution in [2.45, 2.75) is 0 Å². The molecule has 0 amide bonds. The number of hydrogen-bond acceptors (Lipinski definition) is 7. The molecule has 1 aliphatic carbocycles. The number of allylic oxidation sites excluding steroid dienone is 2. The number of carbonyl (C=O) groups is 2. The molecule has 0 bridgehead atoms. The first kappa shape index (κ1) is 10.8. The molecule has 0 saturated heterocycles. The smallest absolute Gasteiger partial charge is 0.215 e. The maximum absolute atomic E-state index is 11.7. The summed E-state index contributed by atoms with van der Waals surface area (Å²) in [6.07, 6.45) is 0. The fraction of sp³-hybridized carbons (Fsp3) is 0. The van der Waals surface area contributed by atoms with Gasteiger partial charge in [0.1, 0.15) is 17.1 Å². The van der Waals surface area contributed by atoms with E-state index in [0.29, 0.717) is 0 Å². The standard InChI is InChI=1S/C10H8N2O5/c11-6-7(12)10(17)5-4(9(6)16)2(13)1-3(14)8(5)15/h1,13-15H,11-12H2. The van der Waals surface area contributed by atoms with Crippen LogP contribution in [0.15, 0.2) is 17.5 Å². The molecule has 7 nitrogen and oxygen atoms in total. The van der Waals surface area contributed by atoms with Gasteiger partial charge in [-0.05, 0) is 0 Å². The number of carbonyl (C=O) groups excluding carboxylic acids is 2. The molecule has 0 spiro atoms. The molecule has 0 fully saturated rings. The molecule has 0 unspecified atom stereocenters. The molecule has 1 aromatic rings. The van der Waals surface area contributed by atoms with E-state index in [2.05, 4.69) is 0 Å². The van der Waals surface area contributed by atoms with Crippen LogP contribution < -0.4 is 11.5 Å². The van der Waals surface area contributed by atoms with Gasteiger partial charge in [0.05, 0.1) is 11.1 Å². The molecule has 7 N–H and O–H groups in total. The summed E-state index contributed by atoms with van der Waals surface area (Å²) in [5.74, 6) is -3.97. The van der Waals surface area contributed by atoms with E-state index in [0.717, 1.165) is 6.07 Å². The van der Waals surface area contributed by atoms with Gasteiger partial charge >= 0.3 is 0 Å². The topological polar surface area (TPSA) is 147 Å². The average Bonchev–Trinajstić information content (AvgIpc) is 2.28. The molecule has 0 aliphatic heterocycles. The second-order valence-corrected chi connectivity index (χ2v) is 3.50. The molecule has 1 aromatic carbocycles. The third-order valence-corrected chi connectivity index (χ3v) is 2.49. The van der Waals surface area contributed by atoms with Crippen molar-refractivity contribution in [2.24, 2.45) is 11.5 Å². The second-order valence-electron chi connectivity index (χ2n) is 3.50. The number of fused-ring (bicyclic) bond motifs is 1. The fourth-order valence-corrected chi connectivity index (χ4v) is 1.61. The van der Waals surface area contributed by atoms with Gasteiger partial charge < -0.3 is 26.8 Å². The summed E-state index contributed by atoms with van der Waals surface area (Å²) in [5, 5.41) is 28.2. The van der Waals surface area contributed by atoms with Gasteiger partial charge in [0.2, 0.25) is 11.6 Å². The normalized spacial score (nSPS) is 15.1. The number of ketones is 2. The molecule has 17 heavy (non-hydrogen) atoms. The molecular formula is C10H8N2O5. The van der Waals surface area contributed by atoms with Crippen LogP contribution in [0, 0.1) is 0 Å². The SMILES string of the molecule is NC1=C(N)C(=O)c2c(O)c(O)cc(O)c2C1=O. The summed E-state index contributed by atoms with van der Waals surface area (Å²) in [4.78, 5) is 23.4. The molecule has 7 heteroatoms. The highest BCUT2D eigenvalue weighted by molar-refractivity contribution is 6.28. The minimum atomic E-state index is -0.916. The van der Waals surface area contributed by atoms with E-state index in [4.69, 9.17) is 11.5 Å². The van der Waals surface area contributed by atoms with E-state index >= 15 is 0 Å². The van der Waals surface area contributed by atoms with E-state index in [9.17, 15) is 24.9 Å². The average molecular weight is 236 g/mol. The summed E-state index contributed by atoms with van der Waals surface area (Å²) < 4.78 is 0. The van der Waals surface area contributed by atoms with Crippen LogP contribution in [0.4, 0.5) is 0 Å². The van der Waals surface area contributed by atoms with Gasteiger partial charge in [-0.15, -0.1) is 0 Å². The number of phenolic OH excluding ortho intramolecular Hbond substituents is 3. The molecular weight excluding hydrogens is 228 g/mol. The zero-order valence-corrected chi connectivity index (χ0v) is 8.39. The Balaban J connectivity index is 2.90. The lowest BCUT2D eigenvalue weighted by atomic mass is 9.89. The summed E-state index contributed by atoms with van der Waals surface area (Å²) in [6.45, 7) is 0. The van der Waals surface area contributed by atoms with Crippen LogP contribution in [0.1, 0.15) is 20.7 Å². The minimum absolute atomic E-state index is 0.461. The summed E-state index contributed by atoms with van der Waals surface area (Å²) in [5.41, 5.74) is 8.59. The van der Waals surface area contributed by atoms with Crippen molar-refractivity contribution in [1.82, 2.24) is 0 Å². The van der Waals surface area contributed by atoms with Crippen LogP contribution in [-0.2, 0) is 0 Å². The number of nitrogens with two attached hydrogens (primary N) is 2. The van der Waals surface area contributed by atoms with Gasteiger partial charge in [0.25, 0.3) is 0 Å². The number of aromatic hydroxyl groups is 3. The second kappa shape index (κ2) is 3.14. The van der Waals surface area contributed by atoms with Crippen LogP contribution in [0.2, 0.25) is 0 Å². The largest absolute Gasteiger partial charge is 0.507 e. The first-order chi connectivity index (χ1) is 7.86. The van der Waals surface area contributed by atoms with Gasteiger partial charge in [-0.25, -0.2) is 0 Å². The van der Waals surface area contributed by atoms with Crippen molar-refractivity contribution in [3.8, 4) is 17.2 Å². The molecule has 0 aromatic heterocycles. The fourth-order valence-electron chi connectivity index (χ4n) is 1.61. The van der Waals surface area contributed by atoms with Gasteiger partial charge in [0, 0.05) is 6.07 Å².